The van der Waals surface area contributed by atoms with Crippen molar-refractivity contribution in [1.29, 1.82) is 0 Å². The highest BCUT2D eigenvalue weighted by Crippen LogP contribution is 2.37. The van der Waals surface area contributed by atoms with Crippen LogP contribution in [0.25, 0.3) is 0 Å². The van der Waals surface area contributed by atoms with E-state index < -0.39 is 0 Å². The summed E-state index contributed by atoms with van der Waals surface area (Å²) in [6.45, 7) is 8.84. The summed E-state index contributed by atoms with van der Waals surface area (Å²) in [6.07, 6.45) is 5.52. The lowest BCUT2D eigenvalue weighted by Crippen LogP contribution is -2.55. The number of carbonyl (C=O) groups excluding carboxylic acids is 1. The number of rotatable bonds is 5. The van der Waals surface area contributed by atoms with Gasteiger partial charge in [-0.2, -0.15) is 5.10 Å². The summed E-state index contributed by atoms with van der Waals surface area (Å²) >= 11 is 0. The summed E-state index contributed by atoms with van der Waals surface area (Å²) in [7, 11) is 1.86. The summed E-state index contributed by atoms with van der Waals surface area (Å²) in [5.41, 5.74) is 3.47. The summed E-state index contributed by atoms with van der Waals surface area (Å²) in [4.78, 5) is 21.9. The number of hydrogen-bond acceptors (Lipinski definition) is 4. The predicted octanol–water partition coefficient (Wildman–Crippen LogP) is 2.71. The third kappa shape index (κ3) is 5.68. The first kappa shape index (κ1) is 25.5. The molecular weight excluding hydrogens is 531 g/mol. The second-order valence-corrected chi connectivity index (χ2v) is 8.72. The van der Waals surface area contributed by atoms with Crippen LogP contribution in [0, 0.1) is 6.92 Å². The number of ether oxygens (including phenoxy) is 1. The Hall–Kier alpha value is -2.14. The molecule has 0 radical (unpaired) electrons. The number of guanidine groups is 1. The second-order valence-electron chi connectivity index (χ2n) is 8.72. The fraction of sp³-hybridized carbons (Fsp3) is 0.542. The largest absolute Gasteiger partial charge is 0.381 e. The van der Waals surface area contributed by atoms with Crippen molar-refractivity contribution in [1.82, 2.24) is 20.0 Å². The monoisotopic (exact) mass is 566 g/mol. The smallest absolute Gasteiger partial charge is 0.246 e. The van der Waals surface area contributed by atoms with E-state index >= 15 is 0 Å². The molecule has 8 nitrogen and oxygen atoms in total. The summed E-state index contributed by atoms with van der Waals surface area (Å²) < 4.78 is 7.42. The molecule has 0 unspecified atom stereocenters. The van der Waals surface area contributed by atoms with Crippen LogP contribution in [0.2, 0.25) is 0 Å². The van der Waals surface area contributed by atoms with Gasteiger partial charge in [0.15, 0.2) is 5.96 Å². The molecule has 9 heteroatoms. The first-order chi connectivity index (χ1) is 15.5. The molecule has 2 fully saturated rings. The Bertz CT molecular complexity index is 969. The van der Waals surface area contributed by atoms with Crippen LogP contribution < -0.4 is 10.2 Å². The number of nitrogens with one attached hydrogen (secondary N) is 1. The lowest BCUT2D eigenvalue weighted by Gasteiger charge is -2.39. The molecule has 0 atom stereocenters. The van der Waals surface area contributed by atoms with Gasteiger partial charge < -0.3 is 19.9 Å². The number of amides is 1. The quantitative estimate of drug-likeness (QED) is 0.343. The van der Waals surface area contributed by atoms with Gasteiger partial charge in [0.25, 0.3) is 0 Å². The van der Waals surface area contributed by atoms with Gasteiger partial charge in [-0.05, 0) is 37.8 Å². The Morgan fingerprint density at radius 1 is 1.24 bits per heavy atom. The summed E-state index contributed by atoms with van der Waals surface area (Å²) in [5, 5.41) is 7.61. The molecule has 1 amide bonds. The minimum absolute atomic E-state index is 0. The average Bonchev–Trinajstić information content (AvgIpc) is 3.23. The topological polar surface area (TPSA) is 75.0 Å². The van der Waals surface area contributed by atoms with Crippen LogP contribution in [-0.2, 0) is 22.0 Å². The van der Waals surface area contributed by atoms with Crippen molar-refractivity contribution in [3.05, 3.63) is 47.8 Å². The molecule has 1 aromatic heterocycles. The zero-order chi connectivity index (χ0) is 22.6. The van der Waals surface area contributed by atoms with Gasteiger partial charge in [0.2, 0.25) is 5.91 Å². The van der Waals surface area contributed by atoms with Gasteiger partial charge in [0.1, 0.15) is 6.54 Å². The number of carbonyl (C=O) groups is 1. The molecule has 0 spiro atoms. The van der Waals surface area contributed by atoms with E-state index in [4.69, 9.17) is 9.73 Å². The van der Waals surface area contributed by atoms with Crippen LogP contribution in [0.4, 0.5) is 5.69 Å². The number of aromatic nitrogens is 2. The van der Waals surface area contributed by atoms with Crippen LogP contribution in [0.5, 0.6) is 0 Å². The van der Waals surface area contributed by atoms with Crippen LogP contribution in [0.15, 0.2) is 41.7 Å². The van der Waals surface area contributed by atoms with E-state index in [0.717, 1.165) is 50.8 Å². The molecule has 33 heavy (non-hydrogen) atoms. The second kappa shape index (κ2) is 11.3. The Balaban J connectivity index is 0.00000306. The molecule has 3 heterocycles. The Morgan fingerprint density at radius 3 is 2.64 bits per heavy atom. The maximum Gasteiger partial charge on any atom is 0.246 e. The number of halogens is 1. The standard InChI is InChI=1S/C24H34N6O2.HI/c1-4-25-23(29-11-12-30(22(31)17-29)20-15-27-28(3)16-20)26-18-24(9-13-32-14-10-24)21-8-6-5-7-19(21)2;/h5-8,15-16H,4,9-14,17-18H2,1-3H3,(H,25,26);1H. The Labute approximate surface area is 213 Å². The van der Waals surface area contributed by atoms with Crippen molar-refractivity contribution in [3.8, 4) is 0 Å². The van der Waals surface area contributed by atoms with Crippen LogP contribution in [0.3, 0.4) is 0 Å². The van der Waals surface area contributed by atoms with Crippen molar-refractivity contribution in [2.45, 2.75) is 32.1 Å². The molecule has 2 aliphatic heterocycles. The van der Waals surface area contributed by atoms with E-state index in [2.05, 4.69) is 53.4 Å². The number of nitrogens with zero attached hydrogens (tertiary/aromatic N) is 5. The maximum atomic E-state index is 12.9. The van der Waals surface area contributed by atoms with Crippen molar-refractivity contribution in [2.75, 3.05) is 50.8 Å². The van der Waals surface area contributed by atoms with Crippen molar-refractivity contribution >= 4 is 41.5 Å². The van der Waals surface area contributed by atoms with Crippen LogP contribution >= 0.6 is 24.0 Å². The van der Waals surface area contributed by atoms with Crippen molar-refractivity contribution in [2.24, 2.45) is 12.0 Å². The minimum Gasteiger partial charge on any atom is -0.381 e. The number of hydrogen-bond donors (Lipinski definition) is 1. The minimum atomic E-state index is -0.0359. The zero-order valence-corrected chi connectivity index (χ0v) is 22.1. The van der Waals surface area contributed by atoms with Crippen LogP contribution in [-0.4, -0.2) is 72.5 Å². The molecule has 2 saturated heterocycles. The fourth-order valence-electron chi connectivity index (χ4n) is 4.77. The molecule has 4 rings (SSSR count). The first-order valence-electron chi connectivity index (χ1n) is 11.5. The molecule has 0 aliphatic carbocycles. The normalized spacial score (nSPS) is 18.8. The van der Waals surface area contributed by atoms with Gasteiger partial charge in [-0.25, -0.2) is 0 Å². The zero-order valence-electron chi connectivity index (χ0n) is 19.8. The molecule has 0 bridgehead atoms. The van der Waals surface area contributed by atoms with Crippen LogP contribution in [0.1, 0.15) is 30.9 Å². The lowest BCUT2D eigenvalue weighted by molar-refractivity contribution is -0.120. The van der Waals surface area contributed by atoms with Gasteiger partial charge in [-0.15, -0.1) is 24.0 Å². The third-order valence-electron chi connectivity index (χ3n) is 6.56. The van der Waals surface area contributed by atoms with E-state index in [1.807, 2.05) is 13.2 Å². The van der Waals surface area contributed by atoms with Gasteiger partial charge in [0.05, 0.1) is 18.4 Å². The average molecular weight is 566 g/mol. The van der Waals surface area contributed by atoms with Gasteiger partial charge >= 0.3 is 0 Å². The lowest BCUT2D eigenvalue weighted by atomic mass is 9.72. The first-order valence-corrected chi connectivity index (χ1v) is 11.5. The third-order valence-corrected chi connectivity index (χ3v) is 6.56. The molecule has 180 valence electrons. The van der Waals surface area contributed by atoms with E-state index in [9.17, 15) is 4.79 Å². The van der Waals surface area contributed by atoms with E-state index in [-0.39, 0.29) is 35.3 Å². The highest BCUT2D eigenvalue weighted by Gasteiger charge is 2.36. The molecule has 1 aromatic carbocycles. The fourth-order valence-corrected chi connectivity index (χ4v) is 4.77. The van der Waals surface area contributed by atoms with E-state index in [1.54, 1.807) is 15.8 Å². The molecule has 1 N–H and O–H groups in total. The van der Waals surface area contributed by atoms with Crippen molar-refractivity contribution in [3.63, 3.8) is 0 Å². The molecule has 2 aliphatic rings. The van der Waals surface area contributed by atoms with E-state index in [0.29, 0.717) is 19.6 Å². The summed E-state index contributed by atoms with van der Waals surface area (Å²) in [5.74, 6) is 0.876. The van der Waals surface area contributed by atoms with Gasteiger partial charge in [0, 0.05) is 51.5 Å². The molecular formula is C24H35IN6O2. The number of piperazine rings is 1. The highest BCUT2D eigenvalue weighted by atomic mass is 127. The Morgan fingerprint density at radius 2 is 2.00 bits per heavy atom. The number of benzene rings is 1. The van der Waals surface area contributed by atoms with Gasteiger partial charge in [-0.1, -0.05) is 24.3 Å². The number of aryl methyl sites for hydroxylation is 2. The number of anilines is 1. The SMILES string of the molecule is CCNC(=NCC1(c2ccccc2C)CCOCC1)N1CCN(c2cnn(C)c2)C(=O)C1.I. The summed E-state index contributed by atoms with van der Waals surface area (Å²) in [6, 6.07) is 8.62. The predicted molar refractivity (Wildman–Crippen MR) is 141 cm³/mol. The number of aliphatic imine (C=N–C) groups is 1. The van der Waals surface area contributed by atoms with Gasteiger partial charge in [-0.3, -0.25) is 14.5 Å². The van der Waals surface area contributed by atoms with E-state index in [1.165, 1.54) is 11.1 Å². The molecule has 2 aromatic rings. The van der Waals surface area contributed by atoms with Crippen molar-refractivity contribution < 1.29 is 9.53 Å². The molecule has 0 saturated carbocycles. The Kier molecular flexibility index (Phi) is 8.75. The maximum absolute atomic E-state index is 12.9. The highest BCUT2D eigenvalue weighted by molar-refractivity contribution is 14.0.